The van der Waals surface area contributed by atoms with Gasteiger partial charge in [0.05, 0.1) is 17.3 Å². The van der Waals surface area contributed by atoms with Gasteiger partial charge in [-0.15, -0.1) is 0 Å². The third-order valence-corrected chi connectivity index (χ3v) is 3.83. The topological polar surface area (TPSA) is 38.0 Å². The summed E-state index contributed by atoms with van der Waals surface area (Å²) in [5, 5.41) is 15.4. The molecule has 0 saturated heterocycles. The van der Waals surface area contributed by atoms with E-state index in [9.17, 15) is 5.11 Å². The van der Waals surface area contributed by atoms with Crippen molar-refractivity contribution >= 4 is 10.9 Å². The molecule has 1 aromatic carbocycles. The monoisotopic (exact) mass is 230 g/mol. The van der Waals surface area contributed by atoms with Gasteiger partial charge in [0.25, 0.3) is 0 Å². The molecule has 1 heterocycles. The first-order chi connectivity index (χ1) is 8.24. The van der Waals surface area contributed by atoms with E-state index in [1.165, 1.54) is 16.6 Å². The largest absolute Gasteiger partial charge is 0.393 e. The van der Waals surface area contributed by atoms with Crippen LogP contribution in [0.25, 0.3) is 10.9 Å². The van der Waals surface area contributed by atoms with Crippen LogP contribution in [-0.4, -0.2) is 21.0 Å². The van der Waals surface area contributed by atoms with Crippen LogP contribution in [0.15, 0.2) is 24.3 Å². The molecule has 1 fully saturated rings. The summed E-state index contributed by atoms with van der Waals surface area (Å²) in [6.45, 7) is 0. The molecule has 1 aliphatic carbocycles. The Bertz CT molecular complexity index is 532. The Balaban J connectivity index is 1.90. The first-order valence-corrected chi connectivity index (χ1v) is 6.32. The van der Waals surface area contributed by atoms with Gasteiger partial charge in [-0.1, -0.05) is 18.2 Å². The van der Waals surface area contributed by atoms with E-state index in [2.05, 4.69) is 23.3 Å². The van der Waals surface area contributed by atoms with Crippen LogP contribution in [-0.2, 0) is 13.5 Å². The maximum atomic E-state index is 9.57. The minimum absolute atomic E-state index is 0.0880. The van der Waals surface area contributed by atoms with Crippen molar-refractivity contribution in [3.8, 4) is 0 Å². The second kappa shape index (κ2) is 4.15. The lowest BCUT2D eigenvalue weighted by Gasteiger charge is -2.06. The molecule has 0 aliphatic heterocycles. The van der Waals surface area contributed by atoms with Gasteiger partial charge < -0.3 is 5.11 Å². The number of nitrogens with zero attached hydrogens (tertiary/aromatic N) is 2. The molecule has 2 atom stereocenters. The number of hydrogen-bond acceptors (Lipinski definition) is 2. The Kier molecular flexibility index (Phi) is 2.63. The van der Waals surface area contributed by atoms with Crippen LogP contribution >= 0.6 is 0 Å². The van der Waals surface area contributed by atoms with E-state index in [0.29, 0.717) is 5.92 Å². The maximum absolute atomic E-state index is 9.57. The van der Waals surface area contributed by atoms with Crippen molar-refractivity contribution in [3.05, 3.63) is 30.0 Å². The van der Waals surface area contributed by atoms with Crippen molar-refractivity contribution in [2.24, 2.45) is 13.0 Å². The highest BCUT2D eigenvalue weighted by Gasteiger charge is 2.24. The van der Waals surface area contributed by atoms with Crippen molar-refractivity contribution in [2.45, 2.75) is 31.8 Å². The van der Waals surface area contributed by atoms with Crippen molar-refractivity contribution in [1.82, 2.24) is 9.78 Å². The Labute approximate surface area is 101 Å². The molecule has 1 N–H and O–H groups in total. The minimum Gasteiger partial charge on any atom is -0.393 e. The molecule has 3 heteroatoms. The standard InChI is InChI=1S/C14H18N2O/c1-16-14-5-3-2-4-12(14)13(15-16)9-10-6-7-11(17)8-10/h2-5,10-11,17H,6-9H2,1H3. The van der Waals surface area contributed by atoms with Crippen molar-refractivity contribution in [1.29, 1.82) is 0 Å². The highest BCUT2D eigenvalue weighted by Crippen LogP contribution is 2.30. The highest BCUT2D eigenvalue weighted by atomic mass is 16.3. The average molecular weight is 230 g/mol. The normalized spacial score (nSPS) is 24.6. The smallest absolute Gasteiger partial charge is 0.0706 e. The fourth-order valence-corrected chi connectivity index (χ4v) is 2.95. The molecule has 1 aromatic heterocycles. The van der Waals surface area contributed by atoms with Crippen LogP contribution in [0.5, 0.6) is 0 Å². The number of benzene rings is 1. The molecule has 1 aliphatic rings. The summed E-state index contributed by atoms with van der Waals surface area (Å²) < 4.78 is 1.95. The van der Waals surface area contributed by atoms with Gasteiger partial charge in [0.2, 0.25) is 0 Å². The van der Waals surface area contributed by atoms with Gasteiger partial charge in [0.15, 0.2) is 0 Å². The average Bonchev–Trinajstić information content (AvgIpc) is 2.86. The first-order valence-electron chi connectivity index (χ1n) is 6.32. The molecule has 2 unspecified atom stereocenters. The van der Waals surface area contributed by atoms with Crippen LogP contribution < -0.4 is 0 Å². The molecule has 2 aromatic rings. The fourth-order valence-electron chi connectivity index (χ4n) is 2.95. The summed E-state index contributed by atoms with van der Waals surface area (Å²) in [4.78, 5) is 0. The fraction of sp³-hybridized carbons (Fsp3) is 0.500. The van der Waals surface area contributed by atoms with E-state index in [-0.39, 0.29) is 6.10 Å². The van der Waals surface area contributed by atoms with Crippen molar-refractivity contribution in [3.63, 3.8) is 0 Å². The third kappa shape index (κ3) is 1.95. The Hall–Kier alpha value is -1.35. The van der Waals surface area contributed by atoms with Crippen LogP contribution in [0.1, 0.15) is 25.0 Å². The number of rotatable bonds is 2. The Morgan fingerprint density at radius 3 is 2.94 bits per heavy atom. The zero-order chi connectivity index (χ0) is 11.8. The molecular formula is C14H18N2O. The van der Waals surface area contributed by atoms with Gasteiger partial charge in [-0.05, 0) is 37.7 Å². The van der Waals surface area contributed by atoms with Crippen LogP contribution in [0.4, 0.5) is 0 Å². The number of aliphatic hydroxyl groups excluding tert-OH is 1. The molecule has 90 valence electrons. The molecule has 0 amide bonds. The van der Waals surface area contributed by atoms with Crippen molar-refractivity contribution in [2.75, 3.05) is 0 Å². The minimum atomic E-state index is -0.0880. The Morgan fingerprint density at radius 1 is 1.35 bits per heavy atom. The van der Waals surface area contributed by atoms with Gasteiger partial charge in [0.1, 0.15) is 0 Å². The molecular weight excluding hydrogens is 212 g/mol. The van der Waals surface area contributed by atoms with E-state index in [4.69, 9.17) is 0 Å². The predicted octanol–water partition coefficient (Wildman–Crippen LogP) is 2.28. The lowest BCUT2D eigenvalue weighted by molar-refractivity contribution is 0.177. The molecule has 3 nitrogen and oxygen atoms in total. The van der Waals surface area contributed by atoms with Crippen molar-refractivity contribution < 1.29 is 5.11 Å². The summed E-state index contributed by atoms with van der Waals surface area (Å²) in [6, 6.07) is 8.36. The summed E-state index contributed by atoms with van der Waals surface area (Å²) >= 11 is 0. The summed E-state index contributed by atoms with van der Waals surface area (Å²) in [5.41, 5.74) is 2.38. The molecule has 3 rings (SSSR count). The van der Waals surface area contributed by atoms with Gasteiger partial charge in [-0.3, -0.25) is 4.68 Å². The molecule has 0 radical (unpaired) electrons. The van der Waals surface area contributed by atoms with Crippen LogP contribution in [0, 0.1) is 5.92 Å². The number of aliphatic hydroxyl groups is 1. The number of hydrogen-bond donors (Lipinski definition) is 1. The number of aryl methyl sites for hydroxylation is 1. The second-order valence-corrected chi connectivity index (χ2v) is 5.12. The first kappa shape index (κ1) is 10.8. The quantitative estimate of drug-likeness (QED) is 0.859. The number of aromatic nitrogens is 2. The zero-order valence-electron chi connectivity index (χ0n) is 10.1. The van der Waals surface area contributed by atoms with Gasteiger partial charge >= 0.3 is 0 Å². The second-order valence-electron chi connectivity index (χ2n) is 5.12. The van der Waals surface area contributed by atoms with Crippen LogP contribution in [0.3, 0.4) is 0 Å². The molecule has 17 heavy (non-hydrogen) atoms. The van der Waals surface area contributed by atoms with Crippen LogP contribution in [0.2, 0.25) is 0 Å². The summed E-state index contributed by atoms with van der Waals surface area (Å²) in [7, 11) is 2.00. The van der Waals surface area contributed by atoms with Gasteiger partial charge in [-0.25, -0.2) is 0 Å². The zero-order valence-corrected chi connectivity index (χ0v) is 10.1. The molecule has 0 bridgehead atoms. The highest BCUT2D eigenvalue weighted by molar-refractivity contribution is 5.81. The van der Waals surface area contributed by atoms with E-state index in [1.807, 2.05) is 17.8 Å². The molecule has 0 spiro atoms. The van der Waals surface area contributed by atoms with Gasteiger partial charge in [0, 0.05) is 12.4 Å². The predicted molar refractivity (Wildman–Crippen MR) is 67.8 cm³/mol. The van der Waals surface area contributed by atoms with E-state index < -0.39 is 0 Å². The lowest BCUT2D eigenvalue weighted by Crippen LogP contribution is -2.04. The maximum Gasteiger partial charge on any atom is 0.0706 e. The molecule has 1 saturated carbocycles. The van der Waals surface area contributed by atoms with Gasteiger partial charge in [-0.2, -0.15) is 5.10 Å². The summed E-state index contributed by atoms with van der Waals surface area (Å²) in [6.07, 6.45) is 3.93. The Morgan fingerprint density at radius 2 is 2.18 bits per heavy atom. The lowest BCUT2D eigenvalue weighted by atomic mass is 10.00. The van der Waals surface area contributed by atoms with E-state index in [1.54, 1.807) is 0 Å². The summed E-state index contributed by atoms with van der Waals surface area (Å²) in [5.74, 6) is 0.600. The third-order valence-electron chi connectivity index (χ3n) is 3.83. The number of fused-ring (bicyclic) bond motifs is 1. The van der Waals surface area contributed by atoms with E-state index >= 15 is 0 Å². The SMILES string of the molecule is Cn1nc(CC2CCC(O)C2)c2ccccc21. The van der Waals surface area contributed by atoms with E-state index in [0.717, 1.165) is 25.7 Å². The number of para-hydroxylation sites is 1.